The zero-order chi connectivity index (χ0) is 10.6. The van der Waals surface area contributed by atoms with E-state index >= 15 is 0 Å². The van der Waals surface area contributed by atoms with Crippen molar-refractivity contribution in [2.24, 2.45) is 5.73 Å². The first-order valence-corrected chi connectivity index (χ1v) is 4.72. The van der Waals surface area contributed by atoms with E-state index in [2.05, 4.69) is 10.3 Å². The van der Waals surface area contributed by atoms with Crippen LogP contribution in [0.25, 0.3) is 0 Å². The van der Waals surface area contributed by atoms with Crippen LogP contribution in [0.4, 0.5) is 5.82 Å². The number of hydrogen-bond acceptors (Lipinski definition) is 3. The Balaban J connectivity index is 2.89. The number of primary amides is 1. The van der Waals surface area contributed by atoms with E-state index in [0.29, 0.717) is 11.4 Å². The van der Waals surface area contributed by atoms with E-state index in [9.17, 15) is 4.79 Å². The largest absolute Gasteiger partial charge is 0.370 e. The number of nitrogens with two attached hydrogens (primary N) is 1. The predicted molar refractivity (Wildman–Crippen MR) is 56.5 cm³/mol. The van der Waals surface area contributed by atoms with Crippen molar-refractivity contribution in [1.82, 2.24) is 4.98 Å². The van der Waals surface area contributed by atoms with Gasteiger partial charge in [0.1, 0.15) is 5.82 Å². The van der Waals surface area contributed by atoms with E-state index in [1.165, 1.54) is 6.20 Å². The molecule has 0 bridgehead atoms. The van der Waals surface area contributed by atoms with Gasteiger partial charge in [-0.2, -0.15) is 0 Å². The molecular weight excluding hydrogens is 202 g/mol. The molecule has 0 aromatic carbocycles. The molecule has 0 atom stereocenters. The molecule has 1 heterocycles. The van der Waals surface area contributed by atoms with Gasteiger partial charge in [-0.1, -0.05) is 18.5 Å². The van der Waals surface area contributed by atoms with Crippen LogP contribution in [0.2, 0.25) is 5.02 Å². The predicted octanol–water partition coefficient (Wildman–Crippen LogP) is 1.66. The van der Waals surface area contributed by atoms with Gasteiger partial charge in [-0.05, 0) is 12.5 Å². The van der Waals surface area contributed by atoms with Gasteiger partial charge in [0.2, 0.25) is 5.91 Å². The van der Waals surface area contributed by atoms with Crippen LogP contribution < -0.4 is 11.1 Å². The molecule has 0 aliphatic heterocycles. The highest BCUT2D eigenvalue weighted by Gasteiger charge is 2.07. The Labute approximate surface area is 87.5 Å². The Morgan fingerprint density at radius 2 is 2.43 bits per heavy atom. The summed E-state index contributed by atoms with van der Waals surface area (Å²) in [4.78, 5) is 14.9. The summed E-state index contributed by atoms with van der Waals surface area (Å²) in [5.74, 6) is 0.0713. The number of amides is 1. The third-order valence-electron chi connectivity index (χ3n) is 1.68. The second kappa shape index (κ2) is 4.81. The first kappa shape index (κ1) is 10.8. The Kier molecular flexibility index (Phi) is 3.71. The molecule has 1 rings (SSSR count). The highest BCUT2D eigenvalue weighted by atomic mass is 35.5. The number of carbonyl (C=O) groups excluding carboxylic acids is 1. The van der Waals surface area contributed by atoms with Gasteiger partial charge in [-0.25, -0.2) is 4.98 Å². The lowest BCUT2D eigenvalue weighted by Gasteiger charge is -2.05. The molecule has 0 aliphatic rings. The minimum Gasteiger partial charge on any atom is -0.370 e. The lowest BCUT2D eigenvalue weighted by molar-refractivity contribution is 0.100. The van der Waals surface area contributed by atoms with Crippen LogP contribution in [-0.2, 0) is 0 Å². The monoisotopic (exact) mass is 213 g/mol. The molecule has 5 heteroatoms. The van der Waals surface area contributed by atoms with Gasteiger partial charge in [0.15, 0.2) is 0 Å². The minimum absolute atomic E-state index is 0.277. The van der Waals surface area contributed by atoms with Crippen molar-refractivity contribution in [2.45, 2.75) is 13.3 Å². The molecule has 0 fully saturated rings. The average Bonchev–Trinajstić information content (AvgIpc) is 2.16. The molecule has 0 radical (unpaired) electrons. The average molecular weight is 214 g/mol. The van der Waals surface area contributed by atoms with E-state index in [4.69, 9.17) is 17.3 Å². The maximum Gasteiger partial charge on any atom is 0.250 e. The fourth-order valence-electron chi connectivity index (χ4n) is 0.977. The second-order valence-corrected chi connectivity index (χ2v) is 3.25. The van der Waals surface area contributed by atoms with Crippen molar-refractivity contribution < 1.29 is 4.79 Å². The summed E-state index contributed by atoms with van der Waals surface area (Å²) in [6.45, 7) is 2.84. The number of rotatable bonds is 4. The van der Waals surface area contributed by atoms with E-state index in [1.807, 2.05) is 6.92 Å². The molecule has 0 saturated carbocycles. The van der Waals surface area contributed by atoms with Crippen molar-refractivity contribution in [1.29, 1.82) is 0 Å². The zero-order valence-electron chi connectivity index (χ0n) is 7.88. The molecular formula is C9H12ClN3O. The number of hydrogen-bond donors (Lipinski definition) is 2. The summed E-state index contributed by atoms with van der Waals surface area (Å²) in [6.07, 6.45) is 2.40. The lowest BCUT2D eigenvalue weighted by Crippen LogP contribution is -2.13. The van der Waals surface area contributed by atoms with Crippen LogP contribution in [0.1, 0.15) is 23.7 Å². The molecule has 76 valence electrons. The van der Waals surface area contributed by atoms with Crippen LogP contribution in [0.5, 0.6) is 0 Å². The fourth-order valence-corrected chi connectivity index (χ4v) is 1.17. The van der Waals surface area contributed by atoms with Crippen molar-refractivity contribution in [3.63, 3.8) is 0 Å². The number of pyridine rings is 1. The first-order valence-electron chi connectivity index (χ1n) is 4.34. The van der Waals surface area contributed by atoms with Gasteiger partial charge >= 0.3 is 0 Å². The van der Waals surface area contributed by atoms with Crippen molar-refractivity contribution >= 4 is 23.3 Å². The van der Waals surface area contributed by atoms with Crippen molar-refractivity contribution in [2.75, 3.05) is 11.9 Å². The minimum atomic E-state index is -0.544. The summed E-state index contributed by atoms with van der Waals surface area (Å²) < 4.78 is 0. The number of nitrogens with zero attached hydrogens (tertiary/aromatic N) is 1. The van der Waals surface area contributed by atoms with E-state index in [-0.39, 0.29) is 5.02 Å². The van der Waals surface area contributed by atoms with Gasteiger partial charge in [0.05, 0.1) is 10.6 Å². The molecule has 3 N–H and O–H groups in total. The van der Waals surface area contributed by atoms with Gasteiger partial charge in [0, 0.05) is 12.7 Å². The Bertz CT molecular complexity index is 341. The first-order chi connectivity index (χ1) is 6.65. The summed E-state index contributed by atoms with van der Waals surface area (Å²) >= 11 is 5.73. The number of nitrogens with one attached hydrogen (secondary N) is 1. The van der Waals surface area contributed by atoms with Crippen molar-refractivity contribution in [3.8, 4) is 0 Å². The van der Waals surface area contributed by atoms with Gasteiger partial charge in [-0.3, -0.25) is 4.79 Å². The molecule has 14 heavy (non-hydrogen) atoms. The van der Waals surface area contributed by atoms with Gasteiger partial charge < -0.3 is 11.1 Å². The van der Waals surface area contributed by atoms with Gasteiger partial charge in [-0.15, -0.1) is 0 Å². The molecule has 1 aromatic rings. The molecule has 0 unspecified atom stereocenters. The SMILES string of the molecule is CCCNc1cc(C(N)=O)c(Cl)cn1. The molecule has 4 nitrogen and oxygen atoms in total. The zero-order valence-corrected chi connectivity index (χ0v) is 8.64. The Morgan fingerprint density at radius 3 is 3.00 bits per heavy atom. The standard InChI is InChI=1S/C9H12ClN3O/c1-2-3-12-8-4-6(9(11)14)7(10)5-13-8/h4-5H,2-3H2,1H3,(H2,11,14)(H,12,13). The number of aromatic nitrogens is 1. The summed E-state index contributed by atoms with van der Waals surface area (Å²) in [6, 6.07) is 1.56. The third kappa shape index (κ3) is 2.60. The topological polar surface area (TPSA) is 68.0 Å². The maximum absolute atomic E-state index is 10.9. The van der Waals surface area contributed by atoms with Crippen LogP contribution in [0, 0.1) is 0 Å². The highest BCUT2D eigenvalue weighted by molar-refractivity contribution is 6.33. The molecule has 0 spiro atoms. The molecule has 1 amide bonds. The highest BCUT2D eigenvalue weighted by Crippen LogP contribution is 2.17. The van der Waals surface area contributed by atoms with Crippen LogP contribution in [0.15, 0.2) is 12.3 Å². The quantitative estimate of drug-likeness (QED) is 0.799. The fraction of sp³-hybridized carbons (Fsp3) is 0.333. The summed E-state index contributed by atoms with van der Waals surface area (Å²) in [7, 11) is 0. The van der Waals surface area contributed by atoms with Crippen LogP contribution in [0.3, 0.4) is 0 Å². The van der Waals surface area contributed by atoms with Crippen molar-refractivity contribution in [3.05, 3.63) is 22.8 Å². The molecule has 1 aromatic heterocycles. The Hall–Kier alpha value is -1.29. The van der Waals surface area contributed by atoms with E-state index in [0.717, 1.165) is 13.0 Å². The summed E-state index contributed by atoms with van der Waals surface area (Å²) in [5.41, 5.74) is 5.43. The van der Waals surface area contributed by atoms with Crippen LogP contribution in [-0.4, -0.2) is 17.4 Å². The Morgan fingerprint density at radius 1 is 1.71 bits per heavy atom. The number of halogens is 1. The molecule has 0 saturated heterocycles. The number of carbonyl (C=O) groups is 1. The van der Waals surface area contributed by atoms with E-state index < -0.39 is 5.91 Å². The molecule has 0 aliphatic carbocycles. The van der Waals surface area contributed by atoms with E-state index in [1.54, 1.807) is 6.07 Å². The maximum atomic E-state index is 10.9. The second-order valence-electron chi connectivity index (χ2n) is 2.84. The summed E-state index contributed by atoms with van der Waals surface area (Å²) in [5, 5.41) is 3.32. The normalized spacial score (nSPS) is 9.86. The smallest absolute Gasteiger partial charge is 0.250 e. The number of anilines is 1. The third-order valence-corrected chi connectivity index (χ3v) is 1.98. The van der Waals surface area contributed by atoms with Gasteiger partial charge in [0.25, 0.3) is 0 Å². The lowest BCUT2D eigenvalue weighted by atomic mass is 10.2. The van der Waals surface area contributed by atoms with Crippen LogP contribution >= 0.6 is 11.6 Å².